The second kappa shape index (κ2) is 14.1. The lowest BCUT2D eigenvalue weighted by atomic mass is 10.5. The standard InChI is InChI=1S/C12H26S7/c1-9(16)6-18-12(5-15)8-19-11(4-14)7-17-10(2)3-13/h9-16H,3-8H2,1-2H3. The van der Waals surface area contributed by atoms with Crippen LogP contribution >= 0.6 is 85.8 Å². The lowest BCUT2D eigenvalue weighted by Gasteiger charge is -2.20. The minimum absolute atomic E-state index is 0.463. The van der Waals surface area contributed by atoms with Gasteiger partial charge in [-0.1, -0.05) is 13.8 Å². The maximum atomic E-state index is 4.47. The topological polar surface area (TPSA) is 0 Å². The maximum absolute atomic E-state index is 4.47. The van der Waals surface area contributed by atoms with Crippen LogP contribution in [-0.2, 0) is 0 Å². The molecule has 4 unspecified atom stereocenters. The highest BCUT2D eigenvalue weighted by molar-refractivity contribution is 8.06. The highest BCUT2D eigenvalue weighted by Gasteiger charge is 2.14. The second-order valence-electron chi connectivity index (χ2n) is 4.45. The third-order valence-corrected chi connectivity index (χ3v) is 9.57. The molecule has 0 aromatic carbocycles. The Morgan fingerprint density at radius 3 is 1.63 bits per heavy atom. The molecule has 4 atom stereocenters. The molecule has 19 heavy (non-hydrogen) atoms. The number of hydrogen-bond donors (Lipinski definition) is 4. The molecule has 0 amide bonds. The molecule has 0 radical (unpaired) electrons. The molecule has 0 N–H and O–H groups in total. The van der Waals surface area contributed by atoms with E-state index in [9.17, 15) is 0 Å². The molecule has 0 nitrogen and oxygen atoms in total. The highest BCUT2D eigenvalue weighted by Crippen LogP contribution is 2.26. The maximum Gasteiger partial charge on any atom is 0.0226 e. The van der Waals surface area contributed by atoms with Gasteiger partial charge in [-0.25, -0.2) is 0 Å². The first kappa shape index (κ1) is 21.4. The van der Waals surface area contributed by atoms with Crippen LogP contribution in [0.5, 0.6) is 0 Å². The summed E-state index contributed by atoms with van der Waals surface area (Å²) in [5, 5.41) is 2.35. The predicted molar refractivity (Wildman–Crippen MR) is 114 cm³/mol. The number of thioether (sulfide) groups is 3. The molecule has 7 heteroatoms. The fraction of sp³-hybridized carbons (Fsp3) is 1.00. The summed E-state index contributed by atoms with van der Waals surface area (Å²) in [7, 11) is 0. The van der Waals surface area contributed by atoms with Gasteiger partial charge in [0, 0.05) is 55.5 Å². The quantitative estimate of drug-likeness (QED) is 0.362. The van der Waals surface area contributed by atoms with Gasteiger partial charge < -0.3 is 0 Å². The summed E-state index contributed by atoms with van der Waals surface area (Å²) < 4.78 is 0. The van der Waals surface area contributed by atoms with Gasteiger partial charge >= 0.3 is 0 Å². The Balaban J connectivity index is 3.88. The van der Waals surface area contributed by atoms with Gasteiger partial charge in [0.05, 0.1) is 0 Å². The summed E-state index contributed by atoms with van der Waals surface area (Å²) in [6, 6.07) is 0. The van der Waals surface area contributed by atoms with E-state index in [2.05, 4.69) is 64.4 Å². The SMILES string of the molecule is CC(S)CSC(CS)CSC(CS)CSC(C)CS. The summed E-state index contributed by atoms with van der Waals surface area (Å²) in [6.07, 6.45) is 0. The third-order valence-electron chi connectivity index (χ3n) is 2.32. The van der Waals surface area contributed by atoms with Crippen LogP contribution in [0.25, 0.3) is 0 Å². The van der Waals surface area contributed by atoms with Crippen LogP contribution in [0.15, 0.2) is 0 Å². The lowest BCUT2D eigenvalue weighted by molar-refractivity contribution is 1.08. The molecule has 116 valence electrons. The minimum Gasteiger partial charge on any atom is -0.178 e. The Bertz CT molecular complexity index is 201. The van der Waals surface area contributed by atoms with Crippen molar-refractivity contribution in [3.05, 3.63) is 0 Å². The summed E-state index contributed by atoms with van der Waals surface area (Å²) in [6.45, 7) is 4.38. The van der Waals surface area contributed by atoms with E-state index in [-0.39, 0.29) is 0 Å². The van der Waals surface area contributed by atoms with Crippen LogP contribution in [0, 0.1) is 0 Å². The Morgan fingerprint density at radius 1 is 0.737 bits per heavy atom. The van der Waals surface area contributed by atoms with E-state index in [0.717, 1.165) is 28.8 Å². The predicted octanol–water partition coefficient (Wildman–Crippen LogP) is 4.42. The summed E-state index contributed by atoms with van der Waals surface area (Å²) >= 11 is 23.7. The molecular weight excluding hydrogens is 369 g/mol. The zero-order chi connectivity index (χ0) is 14.7. The average molecular weight is 395 g/mol. The van der Waals surface area contributed by atoms with E-state index in [1.807, 2.05) is 35.3 Å². The van der Waals surface area contributed by atoms with Crippen molar-refractivity contribution in [1.29, 1.82) is 0 Å². The van der Waals surface area contributed by atoms with E-state index < -0.39 is 0 Å². The zero-order valence-corrected chi connectivity index (χ0v) is 17.6. The summed E-state index contributed by atoms with van der Waals surface area (Å²) in [5.74, 6) is 6.27. The first-order valence-corrected chi connectivity index (χ1v) is 11.9. The van der Waals surface area contributed by atoms with Gasteiger partial charge in [-0.3, -0.25) is 0 Å². The molecule has 0 aromatic heterocycles. The molecule has 0 fully saturated rings. The Hall–Kier alpha value is 2.45. The van der Waals surface area contributed by atoms with Gasteiger partial charge in [0.25, 0.3) is 0 Å². The first-order valence-electron chi connectivity index (χ1n) is 6.38. The van der Waals surface area contributed by atoms with Crippen LogP contribution in [-0.4, -0.2) is 55.5 Å². The monoisotopic (exact) mass is 394 g/mol. The number of rotatable bonds is 12. The van der Waals surface area contributed by atoms with Crippen molar-refractivity contribution >= 4 is 85.8 Å². The molecule has 0 saturated carbocycles. The van der Waals surface area contributed by atoms with Crippen molar-refractivity contribution in [1.82, 2.24) is 0 Å². The number of thiol groups is 4. The van der Waals surface area contributed by atoms with E-state index in [1.165, 1.54) is 5.75 Å². The molecule has 0 rings (SSSR count). The van der Waals surface area contributed by atoms with Crippen molar-refractivity contribution < 1.29 is 0 Å². The molecule has 0 aliphatic rings. The van der Waals surface area contributed by atoms with Crippen molar-refractivity contribution in [3.8, 4) is 0 Å². The fourth-order valence-electron chi connectivity index (χ4n) is 1.15. The molecule has 0 bridgehead atoms. The lowest BCUT2D eigenvalue weighted by Crippen LogP contribution is -2.18. The Kier molecular flexibility index (Phi) is 15.9. The van der Waals surface area contributed by atoms with Crippen LogP contribution in [0.2, 0.25) is 0 Å². The van der Waals surface area contributed by atoms with Gasteiger partial charge in [-0.2, -0.15) is 85.8 Å². The molecule has 0 aliphatic carbocycles. The van der Waals surface area contributed by atoms with Crippen LogP contribution in [0.3, 0.4) is 0 Å². The van der Waals surface area contributed by atoms with Gasteiger partial charge in [0.1, 0.15) is 0 Å². The Morgan fingerprint density at radius 2 is 1.21 bits per heavy atom. The molecular formula is C12H26S7. The molecule has 0 aliphatic heterocycles. The zero-order valence-electron chi connectivity index (χ0n) is 11.6. The van der Waals surface area contributed by atoms with E-state index >= 15 is 0 Å². The number of hydrogen-bond acceptors (Lipinski definition) is 7. The molecule has 0 spiro atoms. The second-order valence-corrected chi connectivity index (χ2v) is 10.6. The molecule has 0 saturated heterocycles. The van der Waals surface area contributed by atoms with Gasteiger partial charge in [-0.15, -0.1) is 0 Å². The third kappa shape index (κ3) is 12.7. The normalized spacial score (nSPS) is 18.0. The minimum atomic E-state index is 0.463. The van der Waals surface area contributed by atoms with Crippen molar-refractivity contribution in [3.63, 3.8) is 0 Å². The van der Waals surface area contributed by atoms with E-state index in [1.54, 1.807) is 0 Å². The summed E-state index contributed by atoms with van der Waals surface area (Å²) in [4.78, 5) is 0. The average Bonchev–Trinajstić information content (AvgIpc) is 2.41. The van der Waals surface area contributed by atoms with Gasteiger partial charge in [-0.05, 0) is 0 Å². The van der Waals surface area contributed by atoms with E-state index in [0.29, 0.717) is 21.0 Å². The first-order chi connectivity index (χ1) is 9.03. The largest absolute Gasteiger partial charge is 0.178 e. The van der Waals surface area contributed by atoms with E-state index in [4.69, 9.17) is 0 Å². The van der Waals surface area contributed by atoms with Crippen molar-refractivity contribution in [2.24, 2.45) is 0 Å². The van der Waals surface area contributed by atoms with Gasteiger partial charge in [0.2, 0.25) is 0 Å². The van der Waals surface area contributed by atoms with Crippen LogP contribution < -0.4 is 0 Å². The summed E-state index contributed by atoms with van der Waals surface area (Å²) in [5.41, 5.74) is 0. The Labute approximate surface area is 154 Å². The van der Waals surface area contributed by atoms with Crippen LogP contribution in [0.4, 0.5) is 0 Å². The fourth-order valence-corrected chi connectivity index (χ4v) is 6.34. The van der Waals surface area contributed by atoms with Crippen molar-refractivity contribution in [2.75, 3.05) is 34.5 Å². The van der Waals surface area contributed by atoms with Gasteiger partial charge in [0.15, 0.2) is 0 Å². The van der Waals surface area contributed by atoms with Crippen LogP contribution in [0.1, 0.15) is 13.8 Å². The smallest absolute Gasteiger partial charge is 0.0226 e. The van der Waals surface area contributed by atoms with Crippen molar-refractivity contribution in [2.45, 2.75) is 34.8 Å². The molecule has 0 heterocycles. The highest BCUT2D eigenvalue weighted by atomic mass is 32.2. The molecule has 0 aromatic rings.